The highest BCUT2D eigenvalue weighted by Crippen LogP contribution is 2.41. The van der Waals surface area contributed by atoms with Gasteiger partial charge in [-0.05, 0) is 19.8 Å². The summed E-state index contributed by atoms with van der Waals surface area (Å²) in [7, 11) is 0. The Bertz CT molecular complexity index is 162. The minimum absolute atomic E-state index is 0.205. The van der Waals surface area contributed by atoms with Crippen molar-refractivity contribution >= 4 is 0 Å². The van der Waals surface area contributed by atoms with Gasteiger partial charge in [-0.15, -0.1) is 0 Å². The zero-order valence-corrected chi connectivity index (χ0v) is 8.68. The van der Waals surface area contributed by atoms with E-state index in [0.717, 1.165) is 25.9 Å². The Hall–Kier alpha value is -0.120. The molecule has 2 unspecified atom stereocenters. The minimum atomic E-state index is -0.674. The molecule has 0 aliphatic carbocycles. The van der Waals surface area contributed by atoms with Crippen molar-refractivity contribution in [1.82, 2.24) is 0 Å². The first-order valence-corrected chi connectivity index (χ1v) is 5.08. The summed E-state index contributed by atoms with van der Waals surface area (Å²) in [5.74, 6) is 0. The first-order valence-electron chi connectivity index (χ1n) is 5.08. The molecule has 1 aliphatic heterocycles. The van der Waals surface area contributed by atoms with E-state index in [1.165, 1.54) is 0 Å². The van der Waals surface area contributed by atoms with Crippen molar-refractivity contribution < 1.29 is 9.84 Å². The quantitative estimate of drug-likeness (QED) is 0.687. The monoisotopic (exact) mass is 187 g/mol. The third-order valence-electron chi connectivity index (χ3n) is 3.37. The Morgan fingerprint density at radius 1 is 1.62 bits per heavy atom. The maximum atomic E-state index is 10.3. The summed E-state index contributed by atoms with van der Waals surface area (Å²) in [6.07, 6.45) is 2.67. The van der Waals surface area contributed by atoms with Crippen molar-refractivity contribution in [2.75, 3.05) is 19.8 Å². The fourth-order valence-corrected chi connectivity index (χ4v) is 2.16. The van der Waals surface area contributed by atoms with Crippen LogP contribution in [0.4, 0.5) is 0 Å². The fraction of sp³-hybridized carbons (Fsp3) is 1.00. The number of ether oxygens (including phenoxy) is 1. The van der Waals surface area contributed by atoms with E-state index in [9.17, 15) is 5.11 Å². The molecule has 0 aromatic heterocycles. The Morgan fingerprint density at radius 2 is 2.31 bits per heavy atom. The van der Waals surface area contributed by atoms with Gasteiger partial charge < -0.3 is 15.6 Å². The molecule has 1 saturated heterocycles. The number of rotatable bonds is 4. The second-order valence-corrected chi connectivity index (χ2v) is 4.31. The highest BCUT2D eigenvalue weighted by atomic mass is 16.5. The maximum Gasteiger partial charge on any atom is 0.0710 e. The molecule has 0 aromatic carbocycles. The highest BCUT2D eigenvalue weighted by Gasteiger charge is 2.47. The Kier molecular flexibility index (Phi) is 3.33. The van der Waals surface area contributed by atoms with Crippen molar-refractivity contribution in [3.63, 3.8) is 0 Å². The summed E-state index contributed by atoms with van der Waals surface area (Å²) < 4.78 is 5.34. The zero-order chi connectivity index (χ0) is 9.95. The van der Waals surface area contributed by atoms with Crippen LogP contribution < -0.4 is 5.73 Å². The zero-order valence-electron chi connectivity index (χ0n) is 8.68. The molecule has 0 bridgehead atoms. The average molecular weight is 187 g/mol. The largest absolute Gasteiger partial charge is 0.389 e. The van der Waals surface area contributed by atoms with Gasteiger partial charge in [0.2, 0.25) is 0 Å². The Balaban J connectivity index is 2.73. The minimum Gasteiger partial charge on any atom is -0.389 e. The van der Waals surface area contributed by atoms with Gasteiger partial charge in [-0.1, -0.05) is 13.3 Å². The second kappa shape index (κ2) is 3.95. The molecule has 1 rings (SSSR count). The van der Waals surface area contributed by atoms with Crippen LogP contribution in [0.5, 0.6) is 0 Å². The maximum absolute atomic E-state index is 10.3. The van der Waals surface area contributed by atoms with E-state index in [-0.39, 0.29) is 5.41 Å². The smallest absolute Gasteiger partial charge is 0.0710 e. The number of hydrogen-bond acceptors (Lipinski definition) is 3. The number of aliphatic hydroxyl groups is 1. The first kappa shape index (κ1) is 11.0. The molecule has 0 saturated carbocycles. The lowest BCUT2D eigenvalue weighted by Gasteiger charge is -2.40. The van der Waals surface area contributed by atoms with Crippen molar-refractivity contribution in [1.29, 1.82) is 0 Å². The van der Waals surface area contributed by atoms with E-state index in [4.69, 9.17) is 10.5 Å². The summed E-state index contributed by atoms with van der Waals surface area (Å²) in [5.41, 5.74) is 4.87. The number of nitrogens with two attached hydrogens (primary N) is 1. The van der Waals surface area contributed by atoms with E-state index in [1.807, 2.05) is 6.92 Å². The van der Waals surface area contributed by atoms with Crippen LogP contribution in [-0.2, 0) is 4.74 Å². The third kappa shape index (κ3) is 1.87. The molecule has 3 N–H and O–H groups in total. The SMILES string of the molecule is CCCC(C)(O)C1(CN)CCOC1. The Morgan fingerprint density at radius 3 is 2.69 bits per heavy atom. The molecule has 78 valence electrons. The lowest BCUT2D eigenvalue weighted by Crippen LogP contribution is -2.51. The summed E-state index contributed by atoms with van der Waals surface area (Å²) in [6.45, 7) is 5.82. The van der Waals surface area contributed by atoms with Crippen LogP contribution in [0.2, 0.25) is 0 Å². The van der Waals surface area contributed by atoms with Gasteiger partial charge in [-0.25, -0.2) is 0 Å². The van der Waals surface area contributed by atoms with Crippen LogP contribution in [0.1, 0.15) is 33.1 Å². The molecule has 0 spiro atoms. The van der Waals surface area contributed by atoms with Crippen molar-refractivity contribution in [2.24, 2.45) is 11.1 Å². The van der Waals surface area contributed by atoms with E-state index < -0.39 is 5.60 Å². The first-order chi connectivity index (χ1) is 6.08. The summed E-state index contributed by atoms with van der Waals surface area (Å²) in [4.78, 5) is 0. The predicted octanol–water partition coefficient (Wildman–Crippen LogP) is 0.903. The van der Waals surface area contributed by atoms with Crippen molar-refractivity contribution in [2.45, 2.75) is 38.7 Å². The van der Waals surface area contributed by atoms with Crippen LogP contribution in [0.3, 0.4) is 0 Å². The molecule has 0 aromatic rings. The van der Waals surface area contributed by atoms with Gasteiger partial charge in [-0.3, -0.25) is 0 Å². The summed E-state index contributed by atoms with van der Waals surface area (Å²) >= 11 is 0. The van der Waals surface area contributed by atoms with Gasteiger partial charge in [-0.2, -0.15) is 0 Å². The van der Waals surface area contributed by atoms with Crippen LogP contribution in [0.25, 0.3) is 0 Å². The molecular weight excluding hydrogens is 166 g/mol. The van der Waals surface area contributed by atoms with E-state index in [2.05, 4.69) is 6.92 Å². The molecule has 3 nitrogen and oxygen atoms in total. The van der Waals surface area contributed by atoms with E-state index in [0.29, 0.717) is 13.2 Å². The standard InChI is InChI=1S/C10H21NO2/c1-3-4-9(2,12)10(7-11)5-6-13-8-10/h12H,3-8,11H2,1-2H3. The molecule has 1 heterocycles. The van der Waals surface area contributed by atoms with E-state index in [1.54, 1.807) is 0 Å². The molecule has 1 fully saturated rings. The molecule has 0 amide bonds. The summed E-state index contributed by atoms with van der Waals surface area (Å²) in [6, 6.07) is 0. The average Bonchev–Trinajstić information content (AvgIpc) is 2.53. The van der Waals surface area contributed by atoms with Crippen LogP contribution in [0, 0.1) is 5.41 Å². The van der Waals surface area contributed by atoms with Gasteiger partial charge in [0.15, 0.2) is 0 Å². The highest BCUT2D eigenvalue weighted by molar-refractivity contribution is 4.98. The van der Waals surface area contributed by atoms with Crippen molar-refractivity contribution in [3.05, 3.63) is 0 Å². The lowest BCUT2D eigenvalue weighted by atomic mass is 9.70. The van der Waals surface area contributed by atoms with Gasteiger partial charge in [0, 0.05) is 18.6 Å². The topological polar surface area (TPSA) is 55.5 Å². The van der Waals surface area contributed by atoms with E-state index >= 15 is 0 Å². The molecule has 1 aliphatic rings. The normalized spacial score (nSPS) is 33.2. The molecule has 2 atom stereocenters. The van der Waals surface area contributed by atoms with Crippen molar-refractivity contribution in [3.8, 4) is 0 Å². The van der Waals surface area contributed by atoms with Gasteiger partial charge in [0.1, 0.15) is 0 Å². The summed E-state index contributed by atoms with van der Waals surface area (Å²) in [5, 5.41) is 10.3. The molecular formula is C10H21NO2. The Labute approximate surface area is 80.3 Å². The molecule has 3 heteroatoms. The predicted molar refractivity (Wildman–Crippen MR) is 52.5 cm³/mol. The van der Waals surface area contributed by atoms with Gasteiger partial charge in [0.25, 0.3) is 0 Å². The van der Waals surface area contributed by atoms with Crippen LogP contribution in [0.15, 0.2) is 0 Å². The molecule has 13 heavy (non-hydrogen) atoms. The van der Waals surface area contributed by atoms with Crippen LogP contribution in [-0.4, -0.2) is 30.5 Å². The second-order valence-electron chi connectivity index (χ2n) is 4.31. The van der Waals surface area contributed by atoms with Gasteiger partial charge in [0.05, 0.1) is 12.2 Å². The third-order valence-corrected chi connectivity index (χ3v) is 3.37. The van der Waals surface area contributed by atoms with Gasteiger partial charge >= 0.3 is 0 Å². The van der Waals surface area contributed by atoms with Crippen LogP contribution >= 0.6 is 0 Å². The number of hydrogen-bond donors (Lipinski definition) is 2. The molecule has 0 radical (unpaired) electrons. The lowest BCUT2D eigenvalue weighted by molar-refractivity contribution is -0.0747. The fourth-order valence-electron chi connectivity index (χ4n) is 2.16.